The maximum atomic E-state index is 14.5. The first-order valence-electron chi connectivity index (χ1n) is 7.51. The number of carbonyl (C=O) groups is 1. The maximum Gasteiger partial charge on any atom is 0.302 e. The first-order valence-corrected chi connectivity index (χ1v) is 7.51. The molecule has 2 nitrogen and oxygen atoms in total. The van der Waals surface area contributed by atoms with Crippen LogP contribution in [0.4, 0.5) is 4.39 Å². The number of esters is 1. The molecule has 0 saturated heterocycles. The molecule has 0 radical (unpaired) electrons. The molecule has 2 aromatic rings. The molecular formula is C18H19FO2. The zero-order valence-electron chi connectivity index (χ0n) is 12.1. The van der Waals surface area contributed by atoms with E-state index in [4.69, 9.17) is 4.74 Å². The van der Waals surface area contributed by atoms with E-state index in [0.717, 1.165) is 36.5 Å². The van der Waals surface area contributed by atoms with Crippen LogP contribution in [-0.2, 0) is 9.53 Å². The van der Waals surface area contributed by atoms with Crippen molar-refractivity contribution in [2.24, 2.45) is 0 Å². The highest BCUT2D eigenvalue weighted by atomic mass is 19.1. The maximum absolute atomic E-state index is 14.5. The van der Waals surface area contributed by atoms with Crippen LogP contribution in [-0.4, -0.2) is 12.1 Å². The highest BCUT2D eigenvalue weighted by Gasteiger charge is 2.31. The number of hydrogen-bond acceptors (Lipinski definition) is 2. The van der Waals surface area contributed by atoms with Crippen LogP contribution in [0.5, 0.6) is 0 Å². The molecule has 1 aliphatic carbocycles. The van der Waals surface area contributed by atoms with E-state index in [2.05, 4.69) is 0 Å². The Morgan fingerprint density at radius 2 is 1.90 bits per heavy atom. The van der Waals surface area contributed by atoms with Gasteiger partial charge in [0.15, 0.2) is 0 Å². The van der Waals surface area contributed by atoms with Gasteiger partial charge >= 0.3 is 5.97 Å². The molecule has 0 unspecified atom stereocenters. The zero-order valence-corrected chi connectivity index (χ0v) is 12.1. The fourth-order valence-electron chi connectivity index (χ4n) is 3.43. The van der Waals surface area contributed by atoms with Gasteiger partial charge in [-0.1, -0.05) is 36.8 Å². The minimum absolute atomic E-state index is 0.0475. The van der Waals surface area contributed by atoms with E-state index in [1.165, 1.54) is 13.0 Å². The number of ether oxygens (including phenoxy) is 1. The fourth-order valence-corrected chi connectivity index (χ4v) is 3.43. The third kappa shape index (κ3) is 2.78. The highest BCUT2D eigenvalue weighted by molar-refractivity contribution is 5.86. The van der Waals surface area contributed by atoms with Crippen molar-refractivity contribution in [2.45, 2.75) is 44.6 Å². The van der Waals surface area contributed by atoms with Crippen LogP contribution in [0.15, 0.2) is 36.4 Å². The quantitative estimate of drug-likeness (QED) is 0.756. The predicted molar refractivity (Wildman–Crippen MR) is 80.7 cm³/mol. The molecule has 1 aliphatic rings. The van der Waals surface area contributed by atoms with Crippen molar-refractivity contribution in [1.82, 2.24) is 0 Å². The van der Waals surface area contributed by atoms with Gasteiger partial charge in [-0.25, -0.2) is 4.39 Å². The van der Waals surface area contributed by atoms with Crippen LogP contribution >= 0.6 is 0 Å². The van der Waals surface area contributed by atoms with Crippen molar-refractivity contribution in [1.29, 1.82) is 0 Å². The number of rotatable bonds is 2. The zero-order chi connectivity index (χ0) is 14.8. The van der Waals surface area contributed by atoms with E-state index >= 15 is 0 Å². The molecule has 0 spiro atoms. The van der Waals surface area contributed by atoms with E-state index < -0.39 is 0 Å². The minimum Gasteiger partial charge on any atom is -0.462 e. The molecule has 1 saturated carbocycles. The predicted octanol–water partition coefficient (Wildman–Crippen LogP) is 4.57. The SMILES string of the molecule is CC(=O)O[C@@H]1CCCC[C@@H]1c1c(F)ccc2ccccc12. The van der Waals surface area contributed by atoms with Crippen LogP contribution in [0.1, 0.15) is 44.1 Å². The van der Waals surface area contributed by atoms with Gasteiger partial charge in [0.05, 0.1) is 0 Å². The molecular weight excluding hydrogens is 267 g/mol. The molecule has 0 N–H and O–H groups in total. The van der Waals surface area contributed by atoms with E-state index in [9.17, 15) is 9.18 Å². The normalized spacial score (nSPS) is 22.2. The van der Waals surface area contributed by atoms with Crippen molar-refractivity contribution in [3.05, 3.63) is 47.8 Å². The summed E-state index contributed by atoms with van der Waals surface area (Å²) < 4.78 is 19.9. The Kier molecular flexibility index (Phi) is 3.91. The summed E-state index contributed by atoms with van der Waals surface area (Å²) in [7, 11) is 0. The molecule has 21 heavy (non-hydrogen) atoms. The Morgan fingerprint density at radius 3 is 2.71 bits per heavy atom. The number of fused-ring (bicyclic) bond motifs is 1. The molecule has 3 heteroatoms. The summed E-state index contributed by atoms with van der Waals surface area (Å²) in [6.45, 7) is 1.42. The smallest absolute Gasteiger partial charge is 0.302 e. The van der Waals surface area contributed by atoms with E-state index in [0.29, 0.717) is 5.56 Å². The molecule has 0 aliphatic heterocycles. The Balaban J connectivity index is 2.08. The monoisotopic (exact) mass is 286 g/mol. The second kappa shape index (κ2) is 5.84. The summed E-state index contributed by atoms with van der Waals surface area (Å²) >= 11 is 0. The topological polar surface area (TPSA) is 26.3 Å². The first-order chi connectivity index (χ1) is 10.2. The summed E-state index contributed by atoms with van der Waals surface area (Å²) in [4.78, 5) is 11.3. The summed E-state index contributed by atoms with van der Waals surface area (Å²) in [6.07, 6.45) is 3.54. The van der Waals surface area contributed by atoms with Gasteiger partial charge in [0.2, 0.25) is 0 Å². The molecule has 1 fully saturated rings. The second-order valence-electron chi connectivity index (χ2n) is 5.72. The third-order valence-electron chi connectivity index (χ3n) is 4.31. The molecule has 110 valence electrons. The van der Waals surface area contributed by atoms with E-state index in [1.807, 2.05) is 24.3 Å². The van der Waals surface area contributed by atoms with Gasteiger partial charge in [-0.05, 0) is 36.1 Å². The summed E-state index contributed by atoms with van der Waals surface area (Å²) in [5.74, 6) is -0.529. The van der Waals surface area contributed by atoms with Gasteiger partial charge < -0.3 is 4.74 Å². The van der Waals surface area contributed by atoms with Crippen molar-refractivity contribution in [3.8, 4) is 0 Å². The Labute approximate surface area is 123 Å². The molecule has 3 rings (SSSR count). The average Bonchev–Trinajstić information content (AvgIpc) is 2.48. The lowest BCUT2D eigenvalue weighted by Crippen LogP contribution is -2.28. The highest BCUT2D eigenvalue weighted by Crippen LogP contribution is 2.39. The van der Waals surface area contributed by atoms with Gasteiger partial charge in [0.1, 0.15) is 11.9 Å². The van der Waals surface area contributed by atoms with Crippen molar-refractivity contribution in [3.63, 3.8) is 0 Å². The summed E-state index contributed by atoms with van der Waals surface area (Å²) in [5.41, 5.74) is 0.707. The Morgan fingerprint density at radius 1 is 1.14 bits per heavy atom. The lowest BCUT2D eigenvalue weighted by atomic mass is 9.79. The van der Waals surface area contributed by atoms with Crippen molar-refractivity contribution in [2.75, 3.05) is 0 Å². The molecule has 0 bridgehead atoms. The van der Waals surface area contributed by atoms with Gasteiger partial charge in [-0.3, -0.25) is 4.79 Å². The van der Waals surface area contributed by atoms with Crippen LogP contribution in [0.3, 0.4) is 0 Å². The standard InChI is InChI=1S/C18H19FO2/c1-12(20)21-17-9-5-4-8-15(17)18-14-7-3-2-6-13(14)10-11-16(18)19/h2-3,6-7,10-11,15,17H,4-5,8-9H2,1H3/t15-,17+/m0/s1. The largest absolute Gasteiger partial charge is 0.462 e. The molecule has 0 amide bonds. The van der Waals surface area contributed by atoms with Crippen molar-refractivity contribution < 1.29 is 13.9 Å². The van der Waals surface area contributed by atoms with Crippen LogP contribution in [0.2, 0.25) is 0 Å². The Bertz CT molecular complexity index is 665. The number of halogens is 1. The lowest BCUT2D eigenvalue weighted by molar-refractivity contribution is -0.148. The molecule has 0 aromatic heterocycles. The lowest BCUT2D eigenvalue weighted by Gasteiger charge is -2.32. The fraction of sp³-hybridized carbons (Fsp3) is 0.389. The Hall–Kier alpha value is -1.90. The number of hydrogen-bond donors (Lipinski definition) is 0. The summed E-state index contributed by atoms with van der Waals surface area (Å²) in [6, 6.07) is 11.1. The van der Waals surface area contributed by atoms with Crippen LogP contribution < -0.4 is 0 Å². The molecule has 2 aromatic carbocycles. The van der Waals surface area contributed by atoms with Gasteiger partial charge in [-0.15, -0.1) is 0 Å². The van der Waals surface area contributed by atoms with Crippen LogP contribution in [0.25, 0.3) is 10.8 Å². The van der Waals surface area contributed by atoms with Crippen molar-refractivity contribution >= 4 is 16.7 Å². The van der Waals surface area contributed by atoms with E-state index in [1.54, 1.807) is 6.07 Å². The molecule has 2 atom stereocenters. The van der Waals surface area contributed by atoms with Crippen LogP contribution in [0, 0.1) is 5.82 Å². The average molecular weight is 286 g/mol. The number of carbonyl (C=O) groups excluding carboxylic acids is 1. The van der Waals surface area contributed by atoms with Gasteiger partial charge in [0.25, 0.3) is 0 Å². The summed E-state index contributed by atoms with van der Waals surface area (Å²) in [5, 5.41) is 1.96. The molecule has 0 heterocycles. The van der Waals surface area contributed by atoms with Gasteiger partial charge in [-0.2, -0.15) is 0 Å². The van der Waals surface area contributed by atoms with E-state index in [-0.39, 0.29) is 23.8 Å². The van der Waals surface area contributed by atoms with Gasteiger partial charge in [0, 0.05) is 18.4 Å². The number of benzene rings is 2. The second-order valence-corrected chi connectivity index (χ2v) is 5.72. The minimum atomic E-state index is -0.285. The first kappa shape index (κ1) is 14.1. The third-order valence-corrected chi connectivity index (χ3v) is 4.31.